The van der Waals surface area contributed by atoms with Gasteiger partial charge in [0, 0.05) is 0 Å². The van der Waals surface area contributed by atoms with Gasteiger partial charge in [-0.05, 0) is 44.0 Å². The van der Waals surface area contributed by atoms with Gasteiger partial charge in [-0.25, -0.2) is 9.13 Å². The Kier molecular flexibility index (Phi) is 8.80. The third-order valence-corrected chi connectivity index (χ3v) is 6.06. The van der Waals surface area contributed by atoms with E-state index in [9.17, 15) is 0 Å². The molecule has 3 rings (SSSR count). The van der Waals surface area contributed by atoms with E-state index in [-0.39, 0.29) is 0 Å². The first-order valence-electron chi connectivity index (χ1n) is 11.9. The molecule has 29 heavy (non-hydrogen) atoms. The molecular formula is C27H39N2+. The van der Waals surface area contributed by atoms with Crippen LogP contribution >= 0.6 is 0 Å². The maximum Gasteiger partial charge on any atom is 0.289 e. The fraction of sp³-hybridized carbons (Fsp3) is 0.519. The van der Waals surface area contributed by atoms with Crippen molar-refractivity contribution in [2.45, 2.75) is 91.1 Å². The minimum atomic E-state index is 0.996. The summed E-state index contributed by atoms with van der Waals surface area (Å²) in [5.41, 5.74) is 4.03. The lowest BCUT2D eigenvalue weighted by Crippen LogP contribution is -2.35. The molecule has 2 nitrogen and oxygen atoms in total. The van der Waals surface area contributed by atoms with Crippen LogP contribution in [-0.4, -0.2) is 4.57 Å². The molecule has 156 valence electrons. The van der Waals surface area contributed by atoms with Crippen molar-refractivity contribution in [3.63, 3.8) is 0 Å². The molecule has 0 unspecified atom stereocenters. The zero-order valence-electron chi connectivity index (χ0n) is 18.6. The summed E-state index contributed by atoms with van der Waals surface area (Å²) in [7, 11) is 0. The molecule has 0 atom stereocenters. The first-order chi connectivity index (χ1) is 14.4. The summed E-state index contributed by atoms with van der Waals surface area (Å²) in [6, 6.07) is 19.8. The Bertz CT molecular complexity index is 848. The molecule has 0 saturated carbocycles. The number of rotatable bonds is 13. The second-order valence-corrected chi connectivity index (χ2v) is 8.26. The molecule has 1 aromatic heterocycles. The average Bonchev–Trinajstić information content (AvgIpc) is 3.09. The van der Waals surface area contributed by atoms with Crippen molar-refractivity contribution in [1.82, 2.24) is 4.57 Å². The number of imidazole rings is 1. The fourth-order valence-electron chi connectivity index (χ4n) is 4.50. The fourth-order valence-corrected chi connectivity index (χ4v) is 4.50. The molecule has 0 radical (unpaired) electrons. The number of para-hydroxylation sites is 2. The number of aryl methyl sites for hydroxylation is 2. The van der Waals surface area contributed by atoms with Crippen LogP contribution < -0.4 is 4.57 Å². The lowest BCUT2D eigenvalue weighted by Gasteiger charge is -2.05. The number of unbranched alkanes of at least 4 members (excludes halogenated alkanes) is 9. The topological polar surface area (TPSA) is 8.81 Å². The summed E-state index contributed by atoms with van der Waals surface area (Å²) >= 11 is 0. The van der Waals surface area contributed by atoms with Crippen LogP contribution in [0.2, 0.25) is 0 Å². The molecule has 1 heterocycles. The third kappa shape index (κ3) is 5.72. The molecule has 0 saturated heterocycles. The van der Waals surface area contributed by atoms with E-state index in [1.165, 1.54) is 86.6 Å². The van der Waals surface area contributed by atoms with Gasteiger partial charge in [-0.3, -0.25) is 0 Å². The van der Waals surface area contributed by atoms with Crippen LogP contribution in [0.3, 0.4) is 0 Å². The van der Waals surface area contributed by atoms with E-state index in [2.05, 4.69) is 77.6 Å². The van der Waals surface area contributed by atoms with Crippen LogP contribution in [-0.2, 0) is 13.1 Å². The number of benzene rings is 2. The normalized spacial score (nSPS) is 11.4. The van der Waals surface area contributed by atoms with E-state index in [1.807, 2.05) is 0 Å². The molecule has 0 aliphatic heterocycles. The molecule has 0 amide bonds. The summed E-state index contributed by atoms with van der Waals surface area (Å²) in [6.45, 7) is 6.65. The van der Waals surface area contributed by atoms with Gasteiger partial charge in [-0.2, -0.15) is 0 Å². The predicted molar refractivity (Wildman–Crippen MR) is 125 cm³/mol. The Morgan fingerprint density at radius 2 is 1.24 bits per heavy atom. The molecule has 2 aromatic carbocycles. The molecule has 0 spiro atoms. The van der Waals surface area contributed by atoms with Gasteiger partial charge >= 0.3 is 0 Å². The van der Waals surface area contributed by atoms with Crippen molar-refractivity contribution in [2.24, 2.45) is 0 Å². The Balaban J connectivity index is 1.62. The summed E-state index contributed by atoms with van der Waals surface area (Å²) in [4.78, 5) is 0. The monoisotopic (exact) mass is 391 g/mol. The standard InChI is InChI=1S/C27H39N2/c1-3-5-6-7-8-9-10-11-12-18-23-29-26-22-17-16-21-25(26)28(4-2)27(29)24-19-14-13-15-20-24/h13-17,19-22H,3-12,18,23H2,1-2H3/q+1. The predicted octanol–water partition coefficient (Wildman–Crippen LogP) is 7.54. The number of hydrogen-bond acceptors (Lipinski definition) is 0. The largest absolute Gasteiger partial charge is 0.289 e. The highest BCUT2D eigenvalue weighted by atomic mass is 15.2. The van der Waals surface area contributed by atoms with Crippen molar-refractivity contribution in [3.8, 4) is 11.4 Å². The highest BCUT2D eigenvalue weighted by Gasteiger charge is 2.24. The maximum absolute atomic E-state index is 2.55. The molecule has 2 heteroatoms. The van der Waals surface area contributed by atoms with Crippen LogP contribution in [0, 0.1) is 0 Å². The van der Waals surface area contributed by atoms with Gasteiger partial charge in [0.2, 0.25) is 0 Å². The van der Waals surface area contributed by atoms with Gasteiger partial charge in [0.05, 0.1) is 18.7 Å². The SMILES string of the molecule is CCCCCCCCCCCC[n+]1c(-c2ccccc2)n(CC)c2ccccc21. The summed E-state index contributed by atoms with van der Waals surface area (Å²) in [6.07, 6.45) is 13.8. The highest BCUT2D eigenvalue weighted by molar-refractivity contribution is 5.76. The number of nitrogens with zero attached hydrogens (tertiary/aromatic N) is 2. The summed E-state index contributed by atoms with van der Waals surface area (Å²) < 4.78 is 5.03. The van der Waals surface area contributed by atoms with Crippen LogP contribution in [0.5, 0.6) is 0 Å². The highest BCUT2D eigenvalue weighted by Crippen LogP contribution is 2.23. The Morgan fingerprint density at radius 3 is 1.90 bits per heavy atom. The lowest BCUT2D eigenvalue weighted by molar-refractivity contribution is -0.661. The molecule has 3 aromatic rings. The minimum absolute atomic E-state index is 0.996. The lowest BCUT2D eigenvalue weighted by atomic mass is 10.1. The van der Waals surface area contributed by atoms with Gasteiger partial charge in [0.15, 0.2) is 11.0 Å². The van der Waals surface area contributed by atoms with Crippen molar-refractivity contribution in [3.05, 3.63) is 54.6 Å². The summed E-state index contributed by atoms with van der Waals surface area (Å²) in [5.74, 6) is 1.35. The minimum Gasteiger partial charge on any atom is -0.223 e. The van der Waals surface area contributed by atoms with Gasteiger partial charge in [0.1, 0.15) is 0 Å². The number of hydrogen-bond donors (Lipinski definition) is 0. The first-order valence-corrected chi connectivity index (χ1v) is 11.9. The average molecular weight is 392 g/mol. The van der Waals surface area contributed by atoms with Gasteiger partial charge in [-0.15, -0.1) is 0 Å². The molecule has 0 fully saturated rings. The third-order valence-electron chi connectivity index (χ3n) is 6.06. The van der Waals surface area contributed by atoms with Crippen LogP contribution in [0.25, 0.3) is 22.4 Å². The van der Waals surface area contributed by atoms with Gasteiger partial charge in [0.25, 0.3) is 5.82 Å². The van der Waals surface area contributed by atoms with Crippen molar-refractivity contribution >= 4 is 11.0 Å². The number of fused-ring (bicyclic) bond motifs is 1. The van der Waals surface area contributed by atoms with Crippen molar-refractivity contribution in [2.75, 3.05) is 0 Å². The zero-order valence-corrected chi connectivity index (χ0v) is 18.6. The van der Waals surface area contributed by atoms with Crippen molar-refractivity contribution in [1.29, 1.82) is 0 Å². The molecule has 0 aliphatic carbocycles. The molecular weight excluding hydrogens is 352 g/mol. The zero-order chi connectivity index (χ0) is 20.3. The summed E-state index contributed by atoms with van der Waals surface area (Å²) in [5, 5.41) is 0. The van der Waals surface area contributed by atoms with Crippen LogP contribution in [0.4, 0.5) is 0 Å². The van der Waals surface area contributed by atoms with E-state index < -0.39 is 0 Å². The Morgan fingerprint density at radius 1 is 0.655 bits per heavy atom. The molecule has 0 N–H and O–H groups in total. The Labute approximate surface area is 177 Å². The second-order valence-electron chi connectivity index (χ2n) is 8.26. The van der Waals surface area contributed by atoms with Crippen molar-refractivity contribution < 1.29 is 4.57 Å². The molecule has 0 aliphatic rings. The van der Waals surface area contributed by atoms with Crippen LogP contribution in [0.15, 0.2) is 54.6 Å². The second kappa shape index (κ2) is 11.8. The van der Waals surface area contributed by atoms with E-state index in [0.717, 1.165) is 13.1 Å². The smallest absolute Gasteiger partial charge is 0.223 e. The Hall–Kier alpha value is -2.09. The van der Waals surface area contributed by atoms with E-state index in [4.69, 9.17) is 0 Å². The quantitative estimate of drug-likeness (QED) is 0.210. The van der Waals surface area contributed by atoms with Gasteiger partial charge < -0.3 is 0 Å². The van der Waals surface area contributed by atoms with E-state index >= 15 is 0 Å². The number of aromatic nitrogens is 2. The molecule has 0 bridgehead atoms. The van der Waals surface area contributed by atoms with E-state index in [0.29, 0.717) is 0 Å². The first kappa shape index (κ1) is 21.6. The van der Waals surface area contributed by atoms with E-state index in [1.54, 1.807) is 0 Å². The van der Waals surface area contributed by atoms with Gasteiger partial charge in [-0.1, -0.05) is 88.6 Å². The maximum atomic E-state index is 2.55. The van der Waals surface area contributed by atoms with Crippen LogP contribution in [0.1, 0.15) is 78.1 Å².